The lowest BCUT2D eigenvalue weighted by Gasteiger charge is -2.28. The number of carbonyl (C=O) groups excluding carboxylic acids is 4. The summed E-state index contributed by atoms with van der Waals surface area (Å²) in [5.74, 6) is -0.873. The summed E-state index contributed by atoms with van der Waals surface area (Å²) in [7, 11) is 1.63. The first-order valence-electron chi connectivity index (χ1n) is 15.9. The van der Waals surface area contributed by atoms with Crippen LogP contribution in [0, 0.1) is 0 Å². The number of nitrogens with one attached hydrogen (secondary N) is 3. The number of amides is 3. The zero-order valence-corrected chi connectivity index (χ0v) is 26.7. The molecule has 2 heterocycles. The maximum atomic E-state index is 14.3. The van der Waals surface area contributed by atoms with E-state index in [2.05, 4.69) is 25.9 Å². The minimum atomic E-state index is -1.58. The lowest BCUT2D eigenvalue weighted by atomic mass is 9.75. The fourth-order valence-corrected chi connectivity index (χ4v) is 5.69. The van der Waals surface area contributed by atoms with Crippen LogP contribution in [0.3, 0.4) is 0 Å². The minimum absolute atomic E-state index is 0.00628. The fourth-order valence-electron chi connectivity index (χ4n) is 5.69. The van der Waals surface area contributed by atoms with Crippen molar-refractivity contribution in [3.8, 4) is 0 Å². The number of aromatic nitrogens is 2. The molecule has 9 nitrogen and oxygen atoms in total. The van der Waals surface area contributed by atoms with E-state index in [9.17, 15) is 19.2 Å². The molecule has 0 fully saturated rings. The van der Waals surface area contributed by atoms with Gasteiger partial charge < -0.3 is 16.0 Å². The number of nitrogens with zero attached hydrogens (tertiary/aromatic N) is 2. The Labute approximate surface area is 274 Å². The van der Waals surface area contributed by atoms with E-state index >= 15 is 0 Å². The number of carbonyl (C=O) groups is 4. The first kappa shape index (κ1) is 32.9. The maximum absolute atomic E-state index is 14.3. The molecule has 0 aliphatic heterocycles. The largest absolute Gasteiger partial charge is 0.359 e. The number of hydrogen-bond donors (Lipinski definition) is 3. The van der Waals surface area contributed by atoms with Gasteiger partial charge in [0.15, 0.2) is 5.78 Å². The molecule has 0 saturated heterocycles. The first-order valence-corrected chi connectivity index (χ1v) is 15.9. The van der Waals surface area contributed by atoms with Gasteiger partial charge in [-0.2, -0.15) is 0 Å². The van der Waals surface area contributed by atoms with E-state index in [0.717, 1.165) is 42.0 Å². The zero-order valence-electron chi connectivity index (χ0n) is 26.7. The molecule has 0 aliphatic carbocycles. The molecule has 0 aliphatic rings. The van der Waals surface area contributed by atoms with E-state index in [1.54, 1.807) is 56.7 Å². The second kappa shape index (κ2) is 15.2. The van der Waals surface area contributed by atoms with Crippen molar-refractivity contribution in [3.63, 3.8) is 0 Å². The van der Waals surface area contributed by atoms with Crippen LogP contribution in [0.15, 0.2) is 97.3 Å². The summed E-state index contributed by atoms with van der Waals surface area (Å²) in [6.07, 6.45) is 7.45. The summed E-state index contributed by atoms with van der Waals surface area (Å²) in [5.41, 5.74) is 2.08. The highest BCUT2D eigenvalue weighted by atomic mass is 16.2. The number of ketones is 1. The Morgan fingerprint density at radius 3 is 1.94 bits per heavy atom. The number of Topliss-reactive ketones (excluding diaryl/α,β-unsaturated/α-hetero) is 1. The molecular weight excluding hydrogens is 590 g/mol. The number of hydrogen-bond acceptors (Lipinski definition) is 6. The average Bonchev–Trinajstić information content (AvgIpc) is 3.09. The maximum Gasteiger partial charge on any atom is 0.242 e. The fraction of sp³-hybridized carbons (Fsp3) is 0.263. The highest BCUT2D eigenvalue weighted by molar-refractivity contribution is 6.18. The van der Waals surface area contributed by atoms with Crippen LogP contribution in [0.5, 0.6) is 0 Å². The van der Waals surface area contributed by atoms with Gasteiger partial charge in [-0.3, -0.25) is 29.1 Å². The third-order valence-corrected chi connectivity index (χ3v) is 8.54. The molecule has 0 spiro atoms. The van der Waals surface area contributed by atoms with Crippen LogP contribution in [-0.4, -0.2) is 40.5 Å². The Morgan fingerprint density at radius 2 is 1.26 bits per heavy atom. The molecule has 0 radical (unpaired) electrons. The predicted molar refractivity (Wildman–Crippen MR) is 185 cm³/mol. The van der Waals surface area contributed by atoms with Crippen LogP contribution in [0.2, 0.25) is 0 Å². The van der Waals surface area contributed by atoms with Crippen LogP contribution in [0.25, 0.3) is 21.8 Å². The number of fused-ring (bicyclic) bond motifs is 2. The van der Waals surface area contributed by atoms with Crippen LogP contribution < -0.4 is 16.0 Å². The van der Waals surface area contributed by atoms with Crippen LogP contribution in [0.1, 0.15) is 56.6 Å². The molecule has 3 aromatic carbocycles. The molecule has 240 valence electrons. The van der Waals surface area contributed by atoms with E-state index in [0.29, 0.717) is 40.8 Å². The van der Waals surface area contributed by atoms with E-state index in [-0.39, 0.29) is 24.0 Å². The molecule has 2 aromatic heterocycles. The smallest absolute Gasteiger partial charge is 0.242 e. The molecule has 3 N–H and O–H groups in total. The predicted octanol–water partition coefficient (Wildman–Crippen LogP) is 6.52. The average molecular weight is 630 g/mol. The van der Waals surface area contributed by atoms with Gasteiger partial charge in [0, 0.05) is 55.2 Å². The van der Waals surface area contributed by atoms with E-state index in [4.69, 9.17) is 0 Å². The zero-order chi connectivity index (χ0) is 33.2. The van der Waals surface area contributed by atoms with Crippen LogP contribution in [0.4, 0.5) is 11.4 Å². The summed E-state index contributed by atoms with van der Waals surface area (Å²) in [5, 5.41) is 10.3. The van der Waals surface area contributed by atoms with E-state index < -0.39 is 11.3 Å². The van der Waals surface area contributed by atoms with Crippen molar-refractivity contribution in [3.05, 3.63) is 108 Å². The van der Waals surface area contributed by atoms with E-state index in [1.165, 1.54) is 0 Å². The Morgan fingerprint density at radius 1 is 0.660 bits per heavy atom. The molecular formula is C38H39N5O4. The lowest BCUT2D eigenvalue weighted by molar-refractivity contribution is -0.132. The standard InChI is InChI=1S/C38H39N5O4/c1-38(32(44)25-28-13-7-11-26-14-9-23-40-35(26)28,37(47)43-31-16-8-12-27-15-10-24-41-36(27)31)29-19-21-30(22-20-29)42-34(46)18-6-4-3-5-17-33(45)39-2/h7-16,19-24H,3-6,17-18,25H2,1-2H3,(H,39,45)(H,42,46)(H,43,47). The monoisotopic (exact) mass is 629 g/mol. The SMILES string of the molecule is CNC(=O)CCCCCCC(=O)Nc1ccc(C(C)(C(=O)Cc2cccc3cccnc23)C(=O)Nc2cccc3cccnc23)cc1. The summed E-state index contributed by atoms with van der Waals surface area (Å²) in [4.78, 5) is 61.4. The number of pyridine rings is 2. The number of para-hydroxylation sites is 2. The molecule has 47 heavy (non-hydrogen) atoms. The molecule has 0 bridgehead atoms. The van der Waals surface area contributed by atoms with Crippen molar-refractivity contribution < 1.29 is 19.2 Å². The van der Waals surface area contributed by atoms with Crippen molar-refractivity contribution >= 4 is 56.7 Å². The molecule has 5 aromatic rings. The molecule has 1 unspecified atom stereocenters. The highest BCUT2D eigenvalue weighted by Gasteiger charge is 2.43. The van der Waals surface area contributed by atoms with Gasteiger partial charge in [0.1, 0.15) is 5.41 Å². The Bertz CT molecular complexity index is 1800. The third-order valence-electron chi connectivity index (χ3n) is 8.54. The van der Waals surface area contributed by atoms with Crippen molar-refractivity contribution in [2.24, 2.45) is 0 Å². The van der Waals surface area contributed by atoms with Gasteiger partial charge in [0.05, 0.1) is 16.7 Å². The number of rotatable bonds is 14. The molecule has 0 saturated carbocycles. The van der Waals surface area contributed by atoms with Crippen molar-refractivity contribution in [1.29, 1.82) is 0 Å². The van der Waals surface area contributed by atoms with Crippen molar-refractivity contribution in [2.45, 2.75) is 57.3 Å². The van der Waals surface area contributed by atoms with Crippen molar-refractivity contribution in [2.75, 3.05) is 17.7 Å². The quantitative estimate of drug-likeness (QED) is 0.0948. The topological polar surface area (TPSA) is 130 Å². The van der Waals surface area contributed by atoms with Gasteiger partial charge in [-0.15, -0.1) is 0 Å². The Balaban J connectivity index is 1.35. The van der Waals surface area contributed by atoms with Gasteiger partial charge in [0.2, 0.25) is 17.7 Å². The third kappa shape index (κ3) is 7.87. The van der Waals surface area contributed by atoms with Gasteiger partial charge in [-0.25, -0.2) is 0 Å². The number of unbranched alkanes of at least 4 members (excludes halogenated alkanes) is 3. The first-order chi connectivity index (χ1) is 22.8. The molecule has 1 atom stereocenters. The second-order valence-electron chi connectivity index (χ2n) is 11.8. The normalized spacial score (nSPS) is 12.3. The van der Waals surface area contributed by atoms with Crippen LogP contribution >= 0.6 is 0 Å². The van der Waals surface area contributed by atoms with Crippen LogP contribution in [-0.2, 0) is 31.0 Å². The minimum Gasteiger partial charge on any atom is -0.359 e. The van der Waals surface area contributed by atoms with Gasteiger partial charge >= 0.3 is 0 Å². The number of anilines is 2. The Kier molecular flexibility index (Phi) is 10.7. The summed E-state index contributed by atoms with van der Waals surface area (Å²) < 4.78 is 0. The highest BCUT2D eigenvalue weighted by Crippen LogP contribution is 2.32. The summed E-state index contributed by atoms with van der Waals surface area (Å²) in [6, 6.07) is 25.6. The number of benzene rings is 3. The molecule has 9 heteroatoms. The molecule has 5 rings (SSSR count). The van der Waals surface area contributed by atoms with Crippen molar-refractivity contribution in [1.82, 2.24) is 15.3 Å². The lowest BCUT2D eigenvalue weighted by Crippen LogP contribution is -2.45. The van der Waals surface area contributed by atoms with Gasteiger partial charge in [-0.1, -0.05) is 67.4 Å². The Hall–Kier alpha value is -5.44. The summed E-state index contributed by atoms with van der Waals surface area (Å²) >= 11 is 0. The molecule has 3 amide bonds. The van der Waals surface area contributed by atoms with Gasteiger partial charge in [0.25, 0.3) is 0 Å². The summed E-state index contributed by atoms with van der Waals surface area (Å²) in [6.45, 7) is 1.64. The second-order valence-corrected chi connectivity index (χ2v) is 11.8. The van der Waals surface area contributed by atoms with Gasteiger partial charge in [-0.05, 0) is 61.2 Å². The van der Waals surface area contributed by atoms with E-state index in [1.807, 2.05) is 54.6 Å².